The first-order chi connectivity index (χ1) is 11.5. The fourth-order valence-corrected chi connectivity index (χ4v) is 5.64. The van der Waals surface area contributed by atoms with Crippen LogP contribution < -0.4 is 4.90 Å². The predicted octanol–water partition coefficient (Wildman–Crippen LogP) is 2.14. The highest BCUT2D eigenvalue weighted by Gasteiger charge is 2.47. The molecule has 2 saturated heterocycles. The van der Waals surface area contributed by atoms with E-state index in [0.29, 0.717) is 18.0 Å². The van der Waals surface area contributed by atoms with Crippen molar-refractivity contribution in [1.82, 2.24) is 13.7 Å². The number of benzene rings is 1. The van der Waals surface area contributed by atoms with Gasteiger partial charge in [-0.15, -0.1) is 0 Å². The van der Waals surface area contributed by atoms with E-state index in [1.165, 1.54) is 11.5 Å². The summed E-state index contributed by atoms with van der Waals surface area (Å²) in [4.78, 5) is 6.83. The minimum atomic E-state index is -3.38. The third-order valence-corrected chi connectivity index (χ3v) is 7.46. The average molecular weight is 364 g/mol. The Bertz CT molecular complexity index is 820. The molecule has 6 nitrogen and oxygen atoms in total. The second-order valence-corrected chi connectivity index (χ2v) is 9.35. The van der Waals surface area contributed by atoms with E-state index in [4.69, 9.17) is 0 Å². The third kappa shape index (κ3) is 2.72. The summed E-state index contributed by atoms with van der Waals surface area (Å²) in [7, 11) is -3.38. The number of sulfonamides is 1. The summed E-state index contributed by atoms with van der Waals surface area (Å²) in [6.07, 6.45) is 1.80. The summed E-state index contributed by atoms with van der Waals surface area (Å²) >= 11 is 1.36. The standard InChI is InChI=1S/C16H20N4O2S2/c1-13-3-2-4-14(9-13)24(21,22)20-7-5-16(6-8-20)10-19(11-16)15-17-12-23-18-15/h2-4,9,12H,5-8,10-11H2,1H3. The summed E-state index contributed by atoms with van der Waals surface area (Å²) in [5.74, 6) is 0.806. The Morgan fingerprint density at radius 1 is 1.21 bits per heavy atom. The quantitative estimate of drug-likeness (QED) is 0.835. The zero-order valence-electron chi connectivity index (χ0n) is 13.6. The normalized spacial score (nSPS) is 21.0. The SMILES string of the molecule is Cc1cccc(S(=O)(=O)N2CCC3(CC2)CN(c2ncsn2)C3)c1. The van der Waals surface area contributed by atoms with E-state index < -0.39 is 10.0 Å². The molecule has 0 atom stereocenters. The highest BCUT2D eigenvalue weighted by molar-refractivity contribution is 7.89. The van der Waals surface area contributed by atoms with Crippen LogP contribution in [0, 0.1) is 12.3 Å². The average Bonchev–Trinajstić information content (AvgIpc) is 3.07. The summed E-state index contributed by atoms with van der Waals surface area (Å²) in [6.45, 7) is 4.97. The van der Waals surface area contributed by atoms with E-state index in [1.54, 1.807) is 28.0 Å². The molecule has 128 valence electrons. The molecule has 0 bridgehead atoms. The number of hydrogen-bond acceptors (Lipinski definition) is 6. The van der Waals surface area contributed by atoms with Gasteiger partial charge >= 0.3 is 0 Å². The van der Waals surface area contributed by atoms with E-state index in [1.807, 2.05) is 13.0 Å². The van der Waals surface area contributed by atoms with Crippen LogP contribution >= 0.6 is 11.5 Å². The largest absolute Gasteiger partial charge is 0.339 e. The van der Waals surface area contributed by atoms with Gasteiger partial charge in [0.1, 0.15) is 5.51 Å². The third-order valence-electron chi connectivity index (χ3n) is 5.10. The van der Waals surface area contributed by atoms with Crippen molar-refractivity contribution in [2.75, 3.05) is 31.1 Å². The summed E-state index contributed by atoms with van der Waals surface area (Å²) in [5.41, 5.74) is 2.94. The Hall–Kier alpha value is -1.51. The van der Waals surface area contributed by atoms with Crippen molar-refractivity contribution in [1.29, 1.82) is 0 Å². The maximum Gasteiger partial charge on any atom is 0.243 e. The number of nitrogens with zero attached hydrogens (tertiary/aromatic N) is 4. The van der Waals surface area contributed by atoms with E-state index >= 15 is 0 Å². The predicted molar refractivity (Wildman–Crippen MR) is 93.7 cm³/mol. The summed E-state index contributed by atoms with van der Waals surface area (Å²) < 4.78 is 31.5. The van der Waals surface area contributed by atoms with E-state index in [9.17, 15) is 8.42 Å². The minimum Gasteiger partial charge on any atom is -0.339 e. The van der Waals surface area contributed by atoms with Crippen LogP contribution in [0.5, 0.6) is 0 Å². The molecule has 1 aromatic carbocycles. The van der Waals surface area contributed by atoms with Gasteiger partial charge < -0.3 is 4.90 Å². The molecule has 2 aliphatic rings. The monoisotopic (exact) mass is 364 g/mol. The van der Waals surface area contributed by atoms with Crippen LogP contribution in [-0.4, -0.2) is 48.3 Å². The smallest absolute Gasteiger partial charge is 0.243 e. The molecule has 0 aliphatic carbocycles. The molecule has 0 amide bonds. The van der Waals surface area contributed by atoms with Crippen LogP contribution in [0.1, 0.15) is 18.4 Å². The molecule has 24 heavy (non-hydrogen) atoms. The van der Waals surface area contributed by atoms with Crippen molar-refractivity contribution in [2.24, 2.45) is 5.41 Å². The molecule has 0 N–H and O–H groups in total. The molecule has 0 radical (unpaired) electrons. The number of aryl methyl sites for hydroxylation is 1. The van der Waals surface area contributed by atoms with Gasteiger partial charge in [0.25, 0.3) is 0 Å². The Labute approximate surface area is 146 Å². The molecule has 0 saturated carbocycles. The number of aromatic nitrogens is 2. The fraction of sp³-hybridized carbons (Fsp3) is 0.500. The second-order valence-electron chi connectivity index (χ2n) is 6.81. The molecule has 8 heteroatoms. The van der Waals surface area contributed by atoms with Crippen LogP contribution in [0.2, 0.25) is 0 Å². The number of anilines is 1. The van der Waals surface area contributed by atoms with Gasteiger partial charge in [0.05, 0.1) is 4.90 Å². The van der Waals surface area contributed by atoms with Crippen LogP contribution in [0.3, 0.4) is 0 Å². The lowest BCUT2D eigenvalue weighted by Crippen LogP contribution is -2.61. The number of hydrogen-bond donors (Lipinski definition) is 0. The van der Waals surface area contributed by atoms with Crippen molar-refractivity contribution >= 4 is 27.5 Å². The molecule has 2 aliphatic heterocycles. The lowest BCUT2D eigenvalue weighted by Gasteiger charge is -2.53. The topological polar surface area (TPSA) is 66.4 Å². The molecule has 0 unspecified atom stereocenters. The molecule has 4 rings (SSSR count). The molecule has 2 fully saturated rings. The van der Waals surface area contributed by atoms with Crippen molar-refractivity contribution in [2.45, 2.75) is 24.7 Å². The minimum absolute atomic E-state index is 0.226. The van der Waals surface area contributed by atoms with Gasteiger partial charge in [0, 0.05) is 31.6 Å². The fourth-order valence-electron chi connectivity index (χ4n) is 3.65. The van der Waals surface area contributed by atoms with E-state index in [0.717, 1.165) is 37.4 Å². The Morgan fingerprint density at radius 3 is 2.58 bits per heavy atom. The lowest BCUT2D eigenvalue weighted by atomic mass is 9.72. The van der Waals surface area contributed by atoms with Gasteiger partial charge in [0.2, 0.25) is 16.0 Å². The van der Waals surface area contributed by atoms with Gasteiger partial charge in [-0.1, -0.05) is 12.1 Å². The van der Waals surface area contributed by atoms with Crippen LogP contribution in [0.4, 0.5) is 5.95 Å². The molecular formula is C16H20N4O2S2. The van der Waals surface area contributed by atoms with Gasteiger partial charge in [-0.3, -0.25) is 0 Å². The Morgan fingerprint density at radius 2 is 1.96 bits per heavy atom. The molecule has 3 heterocycles. The van der Waals surface area contributed by atoms with Crippen molar-refractivity contribution in [3.05, 3.63) is 35.3 Å². The second kappa shape index (κ2) is 5.79. The molecule has 1 aromatic heterocycles. The van der Waals surface area contributed by atoms with Crippen molar-refractivity contribution in [3.8, 4) is 0 Å². The molecule has 1 spiro atoms. The number of rotatable bonds is 3. The van der Waals surface area contributed by atoms with E-state index in [-0.39, 0.29) is 5.41 Å². The van der Waals surface area contributed by atoms with E-state index in [2.05, 4.69) is 14.3 Å². The molecular weight excluding hydrogens is 344 g/mol. The zero-order valence-corrected chi connectivity index (χ0v) is 15.2. The summed E-state index contributed by atoms with van der Waals surface area (Å²) in [6, 6.07) is 7.16. The maximum absolute atomic E-state index is 12.8. The first-order valence-electron chi connectivity index (χ1n) is 8.07. The van der Waals surface area contributed by atoms with Gasteiger partial charge in [-0.05, 0) is 49.0 Å². The first-order valence-corrected chi connectivity index (χ1v) is 10.3. The lowest BCUT2D eigenvalue weighted by molar-refractivity contribution is 0.113. The van der Waals surface area contributed by atoms with Crippen LogP contribution in [0.15, 0.2) is 34.7 Å². The molecule has 2 aromatic rings. The van der Waals surface area contributed by atoms with Crippen molar-refractivity contribution < 1.29 is 8.42 Å². The highest BCUT2D eigenvalue weighted by atomic mass is 32.2. The van der Waals surface area contributed by atoms with Gasteiger partial charge in [-0.2, -0.15) is 8.68 Å². The Kier molecular flexibility index (Phi) is 3.85. The summed E-state index contributed by atoms with van der Waals surface area (Å²) in [5, 5.41) is 0. The van der Waals surface area contributed by atoms with Gasteiger partial charge in [0.15, 0.2) is 0 Å². The first kappa shape index (κ1) is 16.0. The Balaban J connectivity index is 1.42. The van der Waals surface area contributed by atoms with Crippen LogP contribution in [-0.2, 0) is 10.0 Å². The van der Waals surface area contributed by atoms with Gasteiger partial charge in [-0.25, -0.2) is 13.4 Å². The highest BCUT2D eigenvalue weighted by Crippen LogP contribution is 2.42. The number of piperidine rings is 1. The van der Waals surface area contributed by atoms with Crippen molar-refractivity contribution in [3.63, 3.8) is 0 Å². The zero-order chi connectivity index (χ0) is 16.8. The maximum atomic E-state index is 12.8. The van der Waals surface area contributed by atoms with Crippen LogP contribution in [0.25, 0.3) is 0 Å².